The van der Waals surface area contributed by atoms with Gasteiger partial charge in [0.1, 0.15) is 0 Å². The van der Waals surface area contributed by atoms with Gasteiger partial charge in [0.25, 0.3) is 0 Å². The molecule has 306 valence electrons. The minimum absolute atomic E-state index is 0.181. The molecule has 8 aromatic rings. The van der Waals surface area contributed by atoms with Gasteiger partial charge in [-0.3, -0.25) is 0 Å². The van der Waals surface area contributed by atoms with Crippen LogP contribution >= 0.6 is 6.83 Å². The van der Waals surface area contributed by atoms with Gasteiger partial charge in [0.05, 0.1) is 0 Å². The van der Waals surface area contributed by atoms with E-state index in [1.807, 2.05) is 93.6 Å². The molecule has 0 aliphatic heterocycles. The summed E-state index contributed by atoms with van der Waals surface area (Å²) in [5.74, 6) is 2.00. The van der Waals surface area contributed by atoms with Crippen LogP contribution in [0.4, 0.5) is 0 Å². The third kappa shape index (κ3) is 7.63. The van der Waals surface area contributed by atoms with Crippen LogP contribution in [0, 0.1) is 20.8 Å². The Hall–Kier alpha value is -6.81. The third-order valence-corrected chi connectivity index (χ3v) is 17.5. The van der Waals surface area contributed by atoms with Gasteiger partial charge in [-0.25, -0.2) is 0 Å². The molecule has 5 nitrogen and oxygen atoms in total. The molecule has 0 aromatic heterocycles. The SMILES string of the molecule is COc1ccc(P(Oc2c(Cc3cc(C)ccc3O)cccc2Cc2cc(C)cc(Cc3cc(C)ccc3O)c2O)(c2ccccc2)(c2ccccc2)c2ccccc2)cc1. The maximum absolute atomic E-state index is 12.1. The molecule has 61 heavy (non-hydrogen) atoms. The summed E-state index contributed by atoms with van der Waals surface area (Å²) in [4.78, 5) is 0. The summed E-state index contributed by atoms with van der Waals surface area (Å²) in [5, 5.41) is 38.2. The van der Waals surface area contributed by atoms with Gasteiger partial charge in [-0.05, 0) is 0 Å². The van der Waals surface area contributed by atoms with Crippen molar-refractivity contribution in [3.63, 3.8) is 0 Å². The van der Waals surface area contributed by atoms with Gasteiger partial charge in [-0.2, -0.15) is 0 Å². The number of hydrogen-bond donors (Lipinski definition) is 3. The predicted molar refractivity (Wildman–Crippen MR) is 252 cm³/mol. The van der Waals surface area contributed by atoms with E-state index < -0.39 is 6.83 Å². The molecule has 0 atom stereocenters. The molecule has 0 bridgehead atoms. The Morgan fingerprint density at radius 2 is 0.787 bits per heavy atom. The summed E-state index contributed by atoms with van der Waals surface area (Å²) in [5.41, 5.74) is 7.84. The summed E-state index contributed by atoms with van der Waals surface area (Å²) < 4.78 is 14.1. The first-order valence-electron chi connectivity index (χ1n) is 20.6. The summed E-state index contributed by atoms with van der Waals surface area (Å²) >= 11 is 0. The van der Waals surface area contributed by atoms with Gasteiger partial charge in [-0.15, -0.1) is 0 Å². The van der Waals surface area contributed by atoms with Crippen molar-refractivity contribution in [2.45, 2.75) is 40.0 Å². The van der Waals surface area contributed by atoms with E-state index in [-0.39, 0.29) is 17.2 Å². The molecule has 0 radical (unpaired) electrons. The first-order valence-corrected chi connectivity index (χ1v) is 22.8. The van der Waals surface area contributed by atoms with E-state index in [1.54, 1.807) is 19.2 Å². The number of hydrogen-bond acceptors (Lipinski definition) is 5. The quantitative estimate of drug-likeness (QED) is 0.101. The van der Waals surface area contributed by atoms with Gasteiger partial charge in [-0.1, -0.05) is 0 Å². The average Bonchev–Trinajstić information content (AvgIpc) is 3.29. The zero-order chi connectivity index (χ0) is 42.6. The summed E-state index contributed by atoms with van der Waals surface area (Å²) in [6.07, 6.45) is 1.10. The van der Waals surface area contributed by atoms with E-state index in [1.165, 1.54) is 0 Å². The molecular formula is C55H51O5P. The molecule has 0 aliphatic rings. The number of ether oxygens (including phenoxy) is 1. The monoisotopic (exact) mass is 822 g/mol. The van der Waals surface area contributed by atoms with Crippen LogP contribution in [0.5, 0.6) is 28.7 Å². The second kappa shape index (κ2) is 17.0. The molecular weight excluding hydrogens is 772 g/mol. The number of aromatic hydroxyl groups is 3. The van der Waals surface area contributed by atoms with Crippen molar-refractivity contribution in [1.29, 1.82) is 0 Å². The molecule has 3 N–H and O–H groups in total. The van der Waals surface area contributed by atoms with Crippen LogP contribution in [-0.2, 0) is 19.3 Å². The van der Waals surface area contributed by atoms with Gasteiger partial charge in [0.2, 0.25) is 0 Å². The Labute approximate surface area is 359 Å². The summed E-state index contributed by atoms with van der Waals surface area (Å²) in [6.45, 7) is 1.75. The molecule has 0 amide bonds. The molecule has 8 rings (SSSR count). The number of methoxy groups -OCH3 is 1. The fourth-order valence-electron chi connectivity index (χ4n) is 8.86. The van der Waals surface area contributed by atoms with Crippen LogP contribution in [0.2, 0.25) is 0 Å². The van der Waals surface area contributed by atoms with Gasteiger partial charge < -0.3 is 0 Å². The molecule has 8 aromatic carbocycles. The van der Waals surface area contributed by atoms with Crippen molar-refractivity contribution >= 4 is 28.0 Å². The van der Waals surface area contributed by atoms with Crippen LogP contribution in [0.1, 0.15) is 50.1 Å². The van der Waals surface area contributed by atoms with Crippen LogP contribution in [-0.4, -0.2) is 22.4 Å². The first kappa shape index (κ1) is 40.9. The Balaban J connectivity index is 1.44. The minimum atomic E-state index is -4.31. The first-order chi connectivity index (χ1) is 29.6. The van der Waals surface area contributed by atoms with E-state index in [0.717, 1.165) is 77.0 Å². The molecule has 0 saturated heterocycles. The Morgan fingerprint density at radius 1 is 0.393 bits per heavy atom. The number of phenols is 3. The summed E-state index contributed by atoms with van der Waals surface area (Å²) in [6, 6.07) is 61.4. The molecule has 0 aliphatic carbocycles. The van der Waals surface area contributed by atoms with E-state index in [4.69, 9.17) is 9.26 Å². The Morgan fingerprint density at radius 3 is 1.23 bits per heavy atom. The number of para-hydroxylation sites is 1. The standard InChI is InChI=1S/C55H51O5P/c1-38-23-29-52(56)43(31-38)35-41-15-14-16-42(36-45-33-40(3)34-46(54(45)58)37-44-32-39(2)24-30-53(44)57)55(41)60-61(48-17-8-5-9-18-48,49-19-10-6-11-20-49,50-21-12-7-13-22-50)51-27-25-47(59-4)26-28-51/h5-34,56-58H,35-37H2,1-4H3. The van der Waals surface area contributed by atoms with Gasteiger partial charge in [0, 0.05) is 0 Å². The third-order valence-electron chi connectivity index (χ3n) is 11.8. The number of phenolic OH excluding ortho intramolecular Hbond substituents is 3. The fourth-order valence-corrected chi connectivity index (χ4v) is 14.6. The van der Waals surface area contributed by atoms with Gasteiger partial charge in [0.15, 0.2) is 0 Å². The number of aryl methyl sites for hydroxylation is 3. The molecule has 0 unspecified atom stereocenters. The van der Waals surface area contributed by atoms with E-state index in [2.05, 4.69) is 97.1 Å². The van der Waals surface area contributed by atoms with Crippen molar-refractivity contribution in [3.05, 3.63) is 232 Å². The zero-order valence-electron chi connectivity index (χ0n) is 35.0. The molecule has 6 heteroatoms. The van der Waals surface area contributed by atoms with Gasteiger partial charge >= 0.3 is 361 Å². The van der Waals surface area contributed by atoms with Crippen LogP contribution < -0.4 is 30.5 Å². The van der Waals surface area contributed by atoms with Crippen LogP contribution in [0.3, 0.4) is 0 Å². The Bertz CT molecular complexity index is 2700. The molecule has 0 saturated carbocycles. The van der Waals surface area contributed by atoms with E-state index in [0.29, 0.717) is 25.0 Å². The average molecular weight is 823 g/mol. The van der Waals surface area contributed by atoms with Crippen molar-refractivity contribution in [3.8, 4) is 28.7 Å². The van der Waals surface area contributed by atoms with Crippen LogP contribution in [0.15, 0.2) is 182 Å². The second-order valence-electron chi connectivity index (χ2n) is 16.0. The second-order valence-corrected chi connectivity index (χ2v) is 20.3. The fraction of sp³-hybridized carbons (Fsp3) is 0.127. The van der Waals surface area contributed by atoms with Crippen molar-refractivity contribution in [2.24, 2.45) is 0 Å². The van der Waals surface area contributed by atoms with Crippen molar-refractivity contribution in [2.75, 3.05) is 7.11 Å². The summed E-state index contributed by atoms with van der Waals surface area (Å²) in [7, 11) is 1.68. The topological polar surface area (TPSA) is 79.2 Å². The van der Waals surface area contributed by atoms with Crippen molar-refractivity contribution in [1.82, 2.24) is 0 Å². The predicted octanol–water partition coefficient (Wildman–Crippen LogP) is 10.7. The number of benzene rings is 8. The van der Waals surface area contributed by atoms with E-state index in [9.17, 15) is 15.3 Å². The van der Waals surface area contributed by atoms with Crippen molar-refractivity contribution < 1.29 is 24.6 Å². The molecule has 0 spiro atoms. The van der Waals surface area contributed by atoms with E-state index >= 15 is 0 Å². The van der Waals surface area contributed by atoms with Crippen LogP contribution in [0.25, 0.3) is 0 Å². The molecule has 0 fully saturated rings. The molecule has 0 heterocycles. The maximum atomic E-state index is 12.1. The Kier molecular flexibility index (Phi) is 11.4. The number of rotatable bonds is 13. The normalized spacial score (nSPS) is 12.0. The zero-order valence-corrected chi connectivity index (χ0v) is 35.9.